The summed E-state index contributed by atoms with van der Waals surface area (Å²) in [4.78, 5) is 12.3. The number of benzene rings is 2. The Morgan fingerprint density at radius 3 is 2.44 bits per heavy atom. The van der Waals surface area contributed by atoms with Gasteiger partial charge >= 0.3 is 0 Å². The molecule has 0 aliphatic rings. The number of methoxy groups -OCH3 is 2. The third-order valence-corrected chi connectivity index (χ3v) is 4.91. The van der Waals surface area contributed by atoms with Gasteiger partial charge in [-0.25, -0.2) is 0 Å². The number of nitrogens with zero attached hydrogens (tertiary/aromatic N) is 2. The summed E-state index contributed by atoms with van der Waals surface area (Å²) in [6, 6.07) is 14.6. The molecule has 0 unspecified atom stereocenters. The summed E-state index contributed by atoms with van der Waals surface area (Å²) in [5.74, 6) is 0.887. The van der Waals surface area contributed by atoms with Crippen molar-refractivity contribution in [3.8, 4) is 11.5 Å². The average molecular weight is 402 g/mol. The van der Waals surface area contributed by atoms with Crippen LogP contribution in [0.15, 0.2) is 48.5 Å². The Balaban J connectivity index is 1.77. The second-order valence-corrected chi connectivity index (χ2v) is 6.72. The van der Waals surface area contributed by atoms with Crippen LogP contribution in [0.3, 0.4) is 0 Å². The fourth-order valence-corrected chi connectivity index (χ4v) is 3.19. The highest BCUT2D eigenvalue weighted by atomic mass is 35.5. The lowest BCUT2D eigenvalue weighted by Crippen LogP contribution is -2.11. The average Bonchev–Trinajstić information content (AvgIpc) is 3.19. The standard InChI is InChI=1S/C19H16ClN3O3S/c1-25-15-9-8-12(11-16(15)26-2)10-14(20)18-22-23-19(27-18)17(24)21-13-6-4-3-5-7-13/h3-11H,1-2H3,(H,21,24)/b14-10-. The number of para-hydroxylation sites is 1. The lowest BCUT2D eigenvalue weighted by molar-refractivity contribution is 0.102. The minimum absolute atomic E-state index is 0.229. The molecule has 3 aromatic rings. The van der Waals surface area contributed by atoms with Crippen molar-refractivity contribution in [1.29, 1.82) is 0 Å². The van der Waals surface area contributed by atoms with Gasteiger partial charge in [-0.1, -0.05) is 47.2 Å². The number of halogens is 1. The molecule has 0 saturated carbocycles. The predicted octanol–water partition coefficient (Wildman–Crippen LogP) is 4.54. The second-order valence-electron chi connectivity index (χ2n) is 5.34. The zero-order valence-corrected chi connectivity index (χ0v) is 16.2. The molecule has 0 radical (unpaired) electrons. The topological polar surface area (TPSA) is 73.3 Å². The number of hydrogen-bond donors (Lipinski definition) is 1. The van der Waals surface area contributed by atoms with E-state index in [4.69, 9.17) is 21.1 Å². The predicted molar refractivity (Wildman–Crippen MR) is 108 cm³/mol. The van der Waals surface area contributed by atoms with Gasteiger partial charge in [-0.05, 0) is 35.9 Å². The van der Waals surface area contributed by atoms with Gasteiger partial charge in [0.1, 0.15) is 0 Å². The van der Waals surface area contributed by atoms with Crippen LogP contribution in [0.1, 0.15) is 20.4 Å². The van der Waals surface area contributed by atoms with E-state index in [1.165, 1.54) is 0 Å². The Morgan fingerprint density at radius 1 is 1.04 bits per heavy atom. The van der Waals surface area contributed by atoms with Gasteiger partial charge in [0.05, 0.1) is 19.3 Å². The van der Waals surface area contributed by atoms with E-state index in [1.54, 1.807) is 44.6 Å². The molecule has 0 spiro atoms. The van der Waals surface area contributed by atoms with Crippen molar-refractivity contribution in [1.82, 2.24) is 10.2 Å². The highest BCUT2D eigenvalue weighted by Crippen LogP contribution is 2.31. The highest BCUT2D eigenvalue weighted by molar-refractivity contribution is 7.15. The fourth-order valence-electron chi connectivity index (χ4n) is 2.27. The van der Waals surface area contributed by atoms with Crippen molar-refractivity contribution in [2.24, 2.45) is 0 Å². The molecular formula is C19H16ClN3O3S. The molecule has 0 aliphatic carbocycles. The van der Waals surface area contributed by atoms with E-state index in [2.05, 4.69) is 15.5 Å². The molecule has 0 saturated heterocycles. The van der Waals surface area contributed by atoms with E-state index in [0.29, 0.717) is 27.2 Å². The second kappa shape index (κ2) is 8.66. The van der Waals surface area contributed by atoms with Gasteiger partial charge in [-0.2, -0.15) is 0 Å². The minimum Gasteiger partial charge on any atom is -0.493 e. The van der Waals surface area contributed by atoms with Gasteiger partial charge in [-0.15, -0.1) is 10.2 Å². The maximum absolute atomic E-state index is 12.3. The molecule has 0 atom stereocenters. The van der Waals surface area contributed by atoms with Crippen LogP contribution in [0.5, 0.6) is 11.5 Å². The number of amides is 1. The molecule has 1 heterocycles. The number of nitrogens with one attached hydrogen (secondary N) is 1. The third-order valence-electron chi connectivity index (χ3n) is 3.56. The summed E-state index contributed by atoms with van der Waals surface area (Å²) in [6.45, 7) is 0. The molecule has 1 aromatic heterocycles. The van der Waals surface area contributed by atoms with Crippen LogP contribution in [0, 0.1) is 0 Å². The first-order valence-corrected chi connectivity index (χ1v) is 9.09. The summed E-state index contributed by atoms with van der Waals surface area (Å²) in [7, 11) is 3.14. The first kappa shape index (κ1) is 18.9. The highest BCUT2D eigenvalue weighted by Gasteiger charge is 2.15. The van der Waals surface area contributed by atoms with Crippen LogP contribution in [-0.2, 0) is 0 Å². The Bertz CT molecular complexity index is 973. The zero-order valence-electron chi connectivity index (χ0n) is 14.6. The largest absolute Gasteiger partial charge is 0.493 e. The van der Waals surface area contributed by atoms with Crippen LogP contribution >= 0.6 is 22.9 Å². The summed E-state index contributed by atoms with van der Waals surface area (Å²) < 4.78 is 10.5. The molecule has 1 amide bonds. The Kier molecular flexibility index (Phi) is 6.05. The van der Waals surface area contributed by atoms with Crippen molar-refractivity contribution in [2.45, 2.75) is 0 Å². The van der Waals surface area contributed by atoms with Crippen LogP contribution < -0.4 is 14.8 Å². The van der Waals surface area contributed by atoms with Gasteiger partial charge in [-0.3, -0.25) is 4.79 Å². The first-order valence-electron chi connectivity index (χ1n) is 7.90. The number of aromatic nitrogens is 2. The van der Waals surface area contributed by atoms with E-state index in [9.17, 15) is 4.79 Å². The smallest absolute Gasteiger partial charge is 0.286 e. The first-order chi connectivity index (χ1) is 13.1. The van der Waals surface area contributed by atoms with Crippen LogP contribution in [0.2, 0.25) is 0 Å². The summed E-state index contributed by atoms with van der Waals surface area (Å²) in [5, 5.41) is 11.7. The Labute approximate surface area is 165 Å². The molecule has 27 heavy (non-hydrogen) atoms. The maximum atomic E-state index is 12.3. The van der Waals surface area contributed by atoms with E-state index >= 15 is 0 Å². The van der Waals surface area contributed by atoms with Gasteiger partial charge in [0.25, 0.3) is 5.91 Å². The Hall–Kier alpha value is -2.90. The fraction of sp³-hybridized carbons (Fsp3) is 0.105. The van der Waals surface area contributed by atoms with Crippen LogP contribution in [0.25, 0.3) is 11.1 Å². The molecule has 3 rings (SSSR count). The normalized spacial score (nSPS) is 11.1. The third kappa shape index (κ3) is 4.64. The summed E-state index contributed by atoms with van der Waals surface area (Å²) in [5.41, 5.74) is 1.49. The molecule has 138 valence electrons. The lowest BCUT2D eigenvalue weighted by Gasteiger charge is -2.07. The van der Waals surface area contributed by atoms with Crippen molar-refractivity contribution in [3.63, 3.8) is 0 Å². The number of rotatable bonds is 6. The van der Waals surface area contributed by atoms with Gasteiger partial charge in [0.15, 0.2) is 16.5 Å². The molecule has 0 aliphatic heterocycles. The molecule has 0 fully saturated rings. The molecule has 1 N–H and O–H groups in total. The van der Waals surface area contributed by atoms with E-state index in [0.717, 1.165) is 16.9 Å². The van der Waals surface area contributed by atoms with Gasteiger partial charge < -0.3 is 14.8 Å². The van der Waals surface area contributed by atoms with E-state index < -0.39 is 0 Å². The van der Waals surface area contributed by atoms with E-state index in [-0.39, 0.29) is 10.9 Å². The molecule has 0 bridgehead atoms. The Morgan fingerprint density at radius 2 is 1.74 bits per heavy atom. The van der Waals surface area contributed by atoms with E-state index in [1.807, 2.05) is 24.3 Å². The number of carbonyl (C=O) groups excluding carboxylic acids is 1. The SMILES string of the molecule is COc1ccc(/C=C(\Cl)c2nnc(C(=O)Nc3ccccc3)s2)cc1OC. The van der Waals surface area contributed by atoms with Gasteiger partial charge in [0, 0.05) is 5.69 Å². The summed E-state index contributed by atoms with van der Waals surface area (Å²) >= 11 is 7.47. The molecule has 8 heteroatoms. The zero-order chi connectivity index (χ0) is 19.2. The molecule has 6 nitrogen and oxygen atoms in total. The van der Waals surface area contributed by atoms with Crippen molar-refractivity contribution in [2.75, 3.05) is 19.5 Å². The van der Waals surface area contributed by atoms with Gasteiger partial charge in [0.2, 0.25) is 5.01 Å². The van der Waals surface area contributed by atoms with Crippen molar-refractivity contribution < 1.29 is 14.3 Å². The number of hydrogen-bond acceptors (Lipinski definition) is 6. The van der Waals surface area contributed by atoms with Crippen LogP contribution in [-0.4, -0.2) is 30.3 Å². The number of carbonyl (C=O) groups is 1. The number of anilines is 1. The number of ether oxygens (including phenoxy) is 2. The monoisotopic (exact) mass is 401 g/mol. The molecular weight excluding hydrogens is 386 g/mol. The summed E-state index contributed by atoms with van der Waals surface area (Å²) in [6.07, 6.45) is 1.73. The maximum Gasteiger partial charge on any atom is 0.286 e. The lowest BCUT2D eigenvalue weighted by atomic mass is 10.2. The van der Waals surface area contributed by atoms with Crippen molar-refractivity contribution >= 4 is 45.6 Å². The quantitative estimate of drug-likeness (QED) is 0.656. The van der Waals surface area contributed by atoms with Crippen LogP contribution in [0.4, 0.5) is 5.69 Å². The minimum atomic E-state index is -0.333. The van der Waals surface area contributed by atoms with Crippen molar-refractivity contribution in [3.05, 3.63) is 64.1 Å². The molecule has 2 aromatic carbocycles.